The van der Waals surface area contributed by atoms with Crippen LogP contribution in [0.4, 0.5) is 0 Å². The number of carbonyl (C=O) groups is 1. The van der Waals surface area contributed by atoms with Crippen molar-refractivity contribution in [3.05, 3.63) is 16.3 Å². The second kappa shape index (κ2) is 6.98. The summed E-state index contributed by atoms with van der Waals surface area (Å²) >= 11 is 3.38. The van der Waals surface area contributed by atoms with E-state index in [1.54, 1.807) is 11.8 Å². The third kappa shape index (κ3) is 3.17. The topological polar surface area (TPSA) is 55.3 Å². The molecule has 0 unspecified atom stereocenters. The first-order valence-electron chi connectivity index (χ1n) is 8.49. The Hall–Kier alpha value is -1.18. The summed E-state index contributed by atoms with van der Waals surface area (Å²) in [4.78, 5) is 26.2. The minimum absolute atomic E-state index is 0.178. The molecule has 3 heterocycles. The number of thioether (sulfide) groups is 1. The zero-order valence-electron chi connectivity index (χ0n) is 13.8. The molecule has 4 rings (SSSR count). The van der Waals surface area contributed by atoms with Crippen molar-refractivity contribution in [3.63, 3.8) is 0 Å². The smallest absolute Gasteiger partial charge is 0.233 e. The molecule has 128 valence electrons. The molecule has 2 aromatic heterocycles. The Morgan fingerprint density at radius 3 is 2.88 bits per heavy atom. The number of hydrogen-bond donors (Lipinski definition) is 0. The number of nitrogens with zero attached hydrogens (tertiary/aromatic N) is 3. The van der Waals surface area contributed by atoms with Crippen LogP contribution >= 0.6 is 23.1 Å². The monoisotopic (exact) mass is 363 g/mol. The van der Waals surface area contributed by atoms with Crippen LogP contribution in [0.2, 0.25) is 0 Å². The molecule has 5 nitrogen and oxygen atoms in total. The quantitative estimate of drug-likeness (QED) is 0.620. The highest BCUT2D eigenvalue weighted by Gasteiger charge is 2.22. The Morgan fingerprint density at radius 2 is 2.04 bits per heavy atom. The Morgan fingerprint density at radius 1 is 1.25 bits per heavy atom. The number of carbonyl (C=O) groups excluding carboxylic acids is 1. The van der Waals surface area contributed by atoms with E-state index in [1.807, 2.05) is 23.2 Å². The van der Waals surface area contributed by atoms with E-state index >= 15 is 0 Å². The molecule has 1 fully saturated rings. The van der Waals surface area contributed by atoms with Crippen molar-refractivity contribution in [2.75, 3.05) is 32.1 Å². The number of aryl methyl sites for hydroxylation is 3. The fraction of sp³-hybridized carbons (Fsp3) is 0.588. The molecule has 7 heteroatoms. The normalized spacial score (nSPS) is 18.0. The van der Waals surface area contributed by atoms with Gasteiger partial charge in [-0.05, 0) is 38.2 Å². The van der Waals surface area contributed by atoms with Gasteiger partial charge in [0.25, 0.3) is 0 Å². The maximum atomic E-state index is 12.4. The predicted molar refractivity (Wildman–Crippen MR) is 96.9 cm³/mol. The highest BCUT2D eigenvalue weighted by atomic mass is 32.2. The van der Waals surface area contributed by atoms with Crippen molar-refractivity contribution >= 4 is 39.2 Å². The molecule has 1 aliphatic carbocycles. The molecule has 0 saturated carbocycles. The number of hydrogen-bond acceptors (Lipinski definition) is 6. The summed E-state index contributed by atoms with van der Waals surface area (Å²) in [6, 6.07) is 0. The van der Waals surface area contributed by atoms with Gasteiger partial charge in [-0.1, -0.05) is 11.8 Å². The van der Waals surface area contributed by atoms with Crippen LogP contribution in [0, 0.1) is 6.92 Å². The van der Waals surface area contributed by atoms with Crippen molar-refractivity contribution in [2.45, 2.75) is 37.6 Å². The van der Waals surface area contributed by atoms with Gasteiger partial charge in [-0.15, -0.1) is 11.3 Å². The first-order chi connectivity index (χ1) is 11.7. The average Bonchev–Trinajstić information content (AvgIpc) is 2.98. The molecular weight excluding hydrogens is 342 g/mol. The van der Waals surface area contributed by atoms with Gasteiger partial charge in [0.2, 0.25) is 5.91 Å². The number of ether oxygens (including phenoxy) is 1. The van der Waals surface area contributed by atoms with Crippen LogP contribution in [0.5, 0.6) is 0 Å². The number of thiophene rings is 1. The van der Waals surface area contributed by atoms with Gasteiger partial charge >= 0.3 is 0 Å². The zero-order chi connectivity index (χ0) is 16.5. The van der Waals surface area contributed by atoms with Crippen LogP contribution in [-0.4, -0.2) is 52.8 Å². The minimum atomic E-state index is 0.178. The molecule has 0 aromatic carbocycles. The van der Waals surface area contributed by atoms with Gasteiger partial charge in [-0.3, -0.25) is 4.79 Å². The van der Waals surface area contributed by atoms with Crippen molar-refractivity contribution in [1.82, 2.24) is 14.9 Å². The van der Waals surface area contributed by atoms with E-state index in [0.717, 1.165) is 28.5 Å². The number of rotatable bonds is 3. The molecule has 24 heavy (non-hydrogen) atoms. The fourth-order valence-electron chi connectivity index (χ4n) is 3.36. The Labute approximate surface area is 149 Å². The van der Waals surface area contributed by atoms with E-state index in [2.05, 4.69) is 9.97 Å². The standard InChI is InChI=1S/C17H21N3O2S2/c1-11-18-16(23-10-14(21)20-6-8-22-9-7-20)15-12-4-2-3-5-13(12)24-17(15)19-11/h2-10H2,1H3. The summed E-state index contributed by atoms with van der Waals surface area (Å²) < 4.78 is 5.32. The molecule has 1 amide bonds. The Kier molecular flexibility index (Phi) is 4.74. The van der Waals surface area contributed by atoms with Crippen LogP contribution in [0.15, 0.2) is 5.03 Å². The van der Waals surface area contributed by atoms with Crippen LogP contribution in [0.25, 0.3) is 10.2 Å². The van der Waals surface area contributed by atoms with Crippen molar-refractivity contribution in [2.24, 2.45) is 0 Å². The van der Waals surface area contributed by atoms with Crippen molar-refractivity contribution in [1.29, 1.82) is 0 Å². The van der Waals surface area contributed by atoms with Crippen molar-refractivity contribution in [3.8, 4) is 0 Å². The first kappa shape index (κ1) is 16.3. The lowest BCUT2D eigenvalue weighted by Gasteiger charge is -2.26. The molecular formula is C17H21N3O2S2. The summed E-state index contributed by atoms with van der Waals surface area (Å²) in [5.41, 5.74) is 1.43. The number of aromatic nitrogens is 2. The van der Waals surface area contributed by atoms with Crippen molar-refractivity contribution < 1.29 is 9.53 Å². The van der Waals surface area contributed by atoms with E-state index in [4.69, 9.17) is 4.74 Å². The maximum absolute atomic E-state index is 12.4. The Bertz CT molecular complexity index is 769. The van der Waals surface area contributed by atoms with Crippen LogP contribution < -0.4 is 0 Å². The molecule has 1 aliphatic heterocycles. The molecule has 1 saturated heterocycles. The molecule has 2 aliphatic rings. The average molecular weight is 364 g/mol. The van der Waals surface area contributed by atoms with Gasteiger partial charge in [0.05, 0.1) is 19.0 Å². The van der Waals surface area contributed by atoms with Crippen LogP contribution in [-0.2, 0) is 22.4 Å². The van der Waals surface area contributed by atoms with E-state index in [0.29, 0.717) is 32.1 Å². The SMILES string of the molecule is Cc1nc(SCC(=O)N2CCOCC2)c2c3c(sc2n1)CCCC3. The van der Waals surface area contributed by atoms with E-state index < -0.39 is 0 Å². The summed E-state index contributed by atoms with van der Waals surface area (Å²) in [7, 11) is 0. The lowest BCUT2D eigenvalue weighted by atomic mass is 9.97. The minimum Gasteiger partial charge on any atom is -0.378 e. The van der Waals surface area contributed by atoms with Gasteiger partial charge in [0, 0.05) is 23.4 Å². The van der Waals surface area contributed by atoms with Gasteiger partial charge in [-0.25, -0.2) is 9.97 Å². The molecule has 0 spiro atoms. The van der Waals surface area contributed by atoms with E-state index in [9.17, 15) is 4.79 Å². The third-order valence-corrected chi connectivity index (χ3v) is 6.74. The third-order valence-electron chi connectivity index (χ3n) is 4.59. The van der Waals surface area contributed by atoms with E-state index in [1.165, 1.54) is 28.7 Å². The van der Waals surface area contributed by atoms with Gasteiger partial charge in [-0.2, -0.15) is 0 Å². The first-order valence-corrected chi connectivity index (χ1v) is 10.3. The van der Waals surface area contributed by atoms with Gasteiger partial charge in [0.15, 0.2) is 0 Å². The maximum Gasteiger partial charge on any atom is 0.233 e. The largest absolute Gasteiger partial charge is 0.378 e. The van der Waals surface area contributed by atoms with Gasteiger partial charge < -0.3 is 9.64 Å². The summed E-state index contributed by atoms with van der Waals surface area (Å²) in [5.74, 6) is 1.41. The van der Waals surface area contributed by atoms with Crippen LogP contribution in [0.3, 0.4) is 0 Å². The molecule has 0 atom stereocenters. The lowest BCUT2D eigenvalue weighted by molar-refractivity contribution is -0.132. The second-order valence-corrected chi connectivity index (χ2v) is 8.30. The number of morpholine rings is 1. The summed E-state index contributed by atoms with van der Waals surface area (Å²) in [6.45, 7) is 4.62. The van der Waals surface area contributed by atoms with Crippen LogP contribution in [0.1, 0.15) is 29.1 Å². The zero-order valence-corrected chi connectivity index (χ0v) is 15.5. The van der Waals surface area contributed by atoms with Gasteiger partial charge in [0.1, 0.15) is 15.7 Å². The Balaban J connectivity index is 1.59. The second-order valence-electron chi connectivity index (χ2n) is 6.25. The fourth-order valence-corrected chi connectivity index (χ4v) is 5.74. The molecule has 0 bridgehead atoms. The summed E-state index contributed by atoms with van der Waals surface area (Å²) in [6.07, 6.45) is 4.78. The molecule has 0 radical (unpaired) electrons. The highest BCUT2D eigenvalue weighted by molar-refractivity contribution is 8.00. The number of fused-ring (bicyclic) bond motifs is 3. The highest BCUT2D eigenvalue weighted by Crippen LogP contribution is 2.39. The summed E-state index contributed by atoms with van der Waals surface area (Å²) in [5, 5.41) is 2.19. The van der Waals surface area contributed by atoms with E-state index in [-0.39, 0.29) is 5.91 Å². The molecule has 2 aromatic rings. The molecule has 0 N–H and O–H groups in total. The predicted octanol–water partition coefficient (Wildman–Crippen LogP) is 2.83. The number of amides is 1. The lowest BCUT2D eigenvalue weighted by Crippen LogP contribution is -2.41.